The summed E-state index contributed by atoms with van der Waals surface area (Å²) in [4.78, 5) is 30.0. The highest BCUT2D eigenvalue weighted by molar-refractivity contribution is 7.09. The van der Waals surface area contributed by atoms with E-state index >= 15 is 0 Å². The Morgan fingerprint density at radius 1 is 1.18 bits per heavy atom. The Morgan fingerprint density at radius 3 is 2.82 bits per heavy atom. The Hall–Kier alpha value is -3.39. The summed E-state index contributed by atoms with van der Waals surface area (Å²) in [7, 11) is 0. The predicted octanol–water partition coefficient (Wildman–Crippen LogP) is 4.09. The van der Waals surface area contributed by atoms with Gasteiger partial charge in [0.15, 0.2) is 0 Å². The minimum absolute atomic E-state index is 0.335. The molecule has 4 rings (SSSR count). The average molecular weight is 394 g/mol. The van der Waals surface area contributed by atoms with E-state index in [1.165, 1.54) is 16.2 Å². The summed E-state index contributed by atoms with van der Waals surface area (Å²) in [5.41, 5.74) is 3.23. The Balaban J connectivity index is 1.34. The van der Waals surface area contributed by atoms with Crippen molar-refractivity contribution in [2.75, 3.05) is 23.4 Å². The minimum Gasteiger partial charge on any atom is -0.447 e. The van der Waals surface area contributed by atoms with E-state index in [2.05, 4.69) is 15.6 Å². The van der Waals surface area contributed by atoms with Gasteiger partial charge < -0.3 is 15.4 Å². The number of thiazole rings is 1. The highest BCUT2D eigenvalue weighted by Crippen LogP contribution is 2.23. The highest BCUT2D eigenvalue weighted by Gasteiger charge is 2.23. The lowest BCUT2D eigenvalue weighted by atomic mass is 10.2. The van der Waals surface area contributed by atoms with E-state index in [9.17, 15) is 9.59 Å². The van der Waals surface area contributed by atoms with Crippen LogP contribution in [0.1, 0.15) is 5.01 Å². The third kappa shape index (κ3) is 4.12. The van der Waals surface area contributed by atoms with Gasteiger partial charge in [0.2, 0.25) is 0 Å². The van der Waals surface area contributed by atoms with Gasteiger partial charge in [-0.1, -0.05) is 36.4 Å². The van der Waals surface area contributed by atoms with Crippen LogP contribution in [0.2, 0.25) is 0 Å². The molecule has 2 aromatic carbocycles. The number of carbonyl (C=O) groups excluding carboxylic acids is 2. The number of ether oxygens (including phenoxy) is 1. The molecule has 1 aliphatic heterocycles. The van der Waals surface area contributed by atoms with Crippen LogP contribution in [0.15, 0.2) is 60.0 Å². The first-order chi connectivity index (χ1) is 13.7. The molecule has 3 aromatic rings. The van der Waals surface area contributed by atoms with Gasteiger partial charge in [0, 0.05) is 22.3 Å². The molecule has 1 fully saturated rings. The van der Waals surface area contributed by atoms with Crippen molar-refractivity contribution < 1.29 is 14.3 Å². The van der Waals surface area contributed by atoms with Crippen molar-refractivity contribution in [1.29, 1.82) is 0 Å². The van der Waals surface area contributed by atoms with Crippen LogP contribution in [0.5, 0.6) is 0 Å². The SMILES string of the molecule is O=C(NCc1nc(-c2ccccc2)cs1)Nc1cccc(N2CCOC2=O)c1. The van der Waals surface area contributed by atoms with Crippen molar-refractivity contribution >= 4 is 34.8 Å². The van der Waals surface area contributed by atoms with Gasteiger partial charge >= 0.3 is 12.1 Å². The smallest absolute Gasteiger partial charge is 0.414 e. The quantitative estimate of drug-likeness (QED) is 0.683. The molecule has 8 heteroatoms. The second-order valence-corrected chi connectivity index (χ2v) is 7.06. The van der Waals surface area contributed by atoms with E-state index in [1.807, 2.05) is 35.7 Å². The van der Waals surface area contributed by atoms with E-state index in [4.69, 9.17) is 4.74 Å². The van der Waals surface area contributed by atoms with Crippen molar-refractivity contribution in [2.45, 2.75) is 6.54 Å². The average Bonchev–Trinajstić information content (AvgIpc) is 3.36. The molecule has 28 heavy (non-hydrogen) atoms. The molecule has 0 atom stereocenters. The molecule has 2 heterocycles. The minimum atomic E-state index is -0.375. The van der Waals surface area contributed by atoms with Gasteiger partial charge in [-0.2, -0.15) is 0 Å². The fourth-order valence-corrected chi connectivity index (χ4v) is 3.59. The van der Waals surface area contributed by atoms with E-state index in [0.29, 0.717) is 31.1 Å². The zero-order valence-electron chi connectivity index (χ0n) is 14.9. The van der Waals surface area contributed by atoms with Crippen molar-refractivity contribution in [1.82, 2.24) is 10.3 Å². The summed E-state index contributed by atoms with van der Waals surface area (Å²) >= 11 is 1.50. The van der Waals surface area contributed by atoms with Crippen LogP contribution < -0.4 is 15.5 Å². The number of rotatable bonds is 5. The molecule has 0 bridgehead atoms. The molecular weight excluding hydrogens is 376 g/mol. The number of carbonyl (C=O) groups is 2. The summed E-state index contributed by atoms with van der Waals surface area (Å²) in [6.45, 7) is 1.21. The third-order valence-electron chi connectivity index (χ3n) is 4.20. The molecular formula is C20H18N4O3S. The van der Waals surface area contributed by atoms with E-state index in [1.54, 1.807) is 24.3 Å². The molecule has 1 aromatic heterocycles. The van der Waals surface area contributed by atoms with Gasteiger partial charge in [0.05, 0.1) is 18.8 Å². The van der Waals surface area contributed by atoms with Gasteiger partial charge in [-0.15, -0.1) is 11.3 Å². The van der Waals surface area contributed by atoms with Crippen molar-refractivity contribution in [3.8, 4) is 11.3 Å². The lowest BCUT2D eigenvalue weighted by molar-refractivity contribution is 0.181. The van der Waals surface area contributed by atoms with Crippen LogP contribution in [-0.4, -0.2) is 30.3 Å². The molecule has 0 unspecified atom stereocenters. The van der Waals surface area contributed by atoms with Crippen LogP contribution >= 0.6 is 11.3 Å². The fraction of sp³-hybridized carbons (Fsp3) is 0.150. The summed E-state index contributed by atoms with van der Waals surface area (Å²) in [6.07, 6.45) is -0.375. The molecule has 142 valence electrons. The first kappa shape index (κ1) is 18.0. The lowest BCUT2D eigenvalue weighted by Crippen LogP contribution is -2.28. The summed E-state index contributed by atoms with van der Waals surface area (Å²) in [5, 5.41) is 8.38. The third-order valence-corrected chi connectivity index (χ3v) is 5.05. The molecule has 0 radical (unpaired) electrons. The first-order valence-electron chi connectivity index (χ1n) is 8.78. The molecule has 2 N–H and O–H groups in total. The Bertz CT molecular complexity index is 990. The Morgan fingerprint density at radius 2 is 2.04 bits per heavy atom. The maximum atomic E-state index is 12.2. The number of hydrogen-bond acceptors (Lipinski definition) is 5. The first-order valence-corrected chi connectivity index (χ1v) is 9.66. The summed E-state index contributed by atoms with van der Waals surface area (Å²) < 4.78 is 4.94. The van der Waals surface area contributed by atoms with Crippen LogP contribution in [-0.2, 0) is 11.3 Å². The number of nitrogens with one attached hydrogen (secondary N) is 2. The topological polar surface area (TPSA) is 83.6 Å². The van der Waals surface area contributed by atoms with E-state index < -0.39 is 0 Å². The zero-order valence-corrected chi connectivity index (χ0v) is 15.7. The van der Waals surface area contributed by atoms with E-state index in [0.717, 1.165) is 16.3 Å². The Kier molecular flexibility index (Phi) is 5.20. The normalized spacial score (nSPS) is 13.3. The number of amides is 3. The van der Waals surface area contributed by atoms with Crippen LogP contribution in [0.4, 0.5) is 21.0 Å². The van der Waals surface area contributed by atoms with Crippen LogP contribution in [0, 0.1) is 0 Å². The Labute approximate surface area is 166 Å². The lowest BCUT2D eigenvalue weighted by Gasteiger charge is -2.14. The second-order valence-electron chi connectivity index (χ2n) is 6.12. The molecule has 1 saturated heterocycles. The molecule has 7 nitrogen and oxygen atoms in total. The number of urea groups is 1. The maximum Gasteiger partial charge on any atom is 0.414 e. The largest absolute Gasteiger partial charge is 0.447 e. The number of hydrogen-bond donors (Lipinski definition) is 2. The van der Waals surface area contributed by atoms with Gasteiger partial charge in [0.25, 0.3) is 0 Å². The van der Waals surface area contributed by atoms with Gasteiger partial charge in [-0.05, 0) is 18.2 Å². The van der Waals surface area contributed by atoms with Gasteiger partial charge in [-0.3, -0.25) is 4.90 Å². The number of benzene rings is 2. The van der Waals surface area contributed by atoms with Gasteiger partial charge in [0.1, 0.15) is 11.6 Å². The number of cyclic esters (lactones) is 1. The summed E-state index contributed by atoms with van der Waals surface area (Å²) in [5.74, 6) is 0. The fourth-order valence-electron chi connectivity index (χ4n) is 2.84. The zero-order chi connectivity index (χ0) is 19.3. The van der Waals surface area contributed by atoms with E-state index in [-0.39, 0.29) is 12.1 Å². The van der Waals surface area contributed by atoms with Gasteiger partial charge in [-0.25, -0.2) is 14.6 Å². The number of nitrogens with zero attached hydrogens (tertiary/aromatic N) is 2. The number of anilines is 2. The summed E-state index contributed by atoms with van der Waals surface area (Å²) in [6, 6.07) is 16.7. The number of aromatic nitrogens is 1. The van der Waals surface area contributed by atoms with Crippen LogP contribution in [0.25, 0.3) is 11.3 Å². The standard InChI is InChI=1S/C20H18N4O3S/c25-19(21-12-18-23-17(13-28-18)14-5-2-1-3-6-14)22-15-7-4-8-16(11-15)24-9-10-27-20(24)26/h1-8,11,13H,9-10,12H2,(H2,21,22,25). The molecule has 3 amide bonds. The van der Waals surface area contributed by atoms with Crippen molar-refractivity contribution in [3.63, 3.8) is 0 Å². The molecule has 0 saturated carbocycles. The predicted molar refractivity (Wildman–Crippen MR) is 109 cm³/mol. The second kappa shape index (κ2) is 8.10. The van der Waals surface area contributed by atoms with Crippen molar-refractivity contribution in [3.05, 3.63) is 65.0 Å². The maximum absolute atomic E-state index is 12.2. The van der Waals surface area contributed by atoms with Crippen LogP contribution in [0.3, 0.4) is 0 Å². The molecule has 0 spiro atoms. The monoisotopic (exact) mass is 394 g/mol. The highest BCUT2D eigenvalue weighted by atomic mass is 32.1. The molecule has 0 aliphatic carbocycles. The molecule has 1 aliphatic rings. The van der Waals surface area contributed by atoms with Crippen molar-refractivity contribution in [2.24, 2.45) is 0 Å².